The van der Waals surface area contributed by atoms with Crippen molar-refractivity contribution >= 4 is 5.78 Å². The topological polar surface area (TPSA) is 61.3 Å². The third kappa shape index (κ3) is 4.38. The fraction of sp³-hybridized carbons (Fsp3) is 0.421. The third-order valence-corrected chi connectivity index (χ3v) is 4.00. The zero-order valence-electron chi connectivity index (χ0n) is 14.1. The van der Waals surface area contributed by atoms with Gasteiger partial charge in [0.05, 0.1) is 19.6 Å². The maximum atomic E-state index is 12.5. The van der Waals surface area contributed by atoms with Crippen LogP contribution in [0.5, 0.6) is 5.75 Å². The first-order valence-corrected chi connectivity index (χ1v) is 8.28. The van der Waals surface area contributed by atoms with Gasteiger partial charge in [-0.15, -0.1) is 0 Å². The summed E-state index contributed by atoms with van der Waals surface area (Å²) in [5.74, 6) is 0.654. The molecule has 0 N–H and O–H groups in total. The van der Waals surface area contributed by atoms with Crippen molar-refractivity contribution in [2.45, 2.75) is 39.2 Å². The number of Topliss-reactive ketones (excluding diaryl/α,β-unsaturated/α-hetero) is 1. The molecule has 1 aliphatic heterocycles. The van der Waals surface area contributed by atoms with E-state index in [4.69, 9.17) is 9.47 Å². The highest BCUT2D eigenvalue weighted by molar-refractivity contribution is 5.95. The van der Waals surface area contributed by atoms with Crippen LogP contribution >= 0.6 is 0 Å². The number of hydrogen-bond donors (Lipinski definition) is 0. The Labute approximate surface area is 142 Å². The minimum atomic E-state index is -0.0492. The van der Waals surface area contributed by atoms with Gasteiger partial charge in [0, 0.05) is 42.6 Å². The Morgan fingerprint density at radius 1 is 1.25 bits per heavy atom. The Balaban J connectivity index is 1.72. The first-order chi connectivity index (χ1) is 11.6. The highest BCUT2D eigenvalue weighted by atomic mass is 16.5. The lowest BCUT2D eigenvalue weighted by Gasteiger charge is -2.23. The number of pyridine rings is 2. The summed E-state index contributed by atoms with van der Waals surface area (Å²) in [7, 11) is 0. The lowest BCUT2D eigenvalue weighted by molar-refractivity contribution is 0.0254. The summed E-state index contributed by atoms with van der Waals surface area (Å²) in [5, 5.41) is 0. The standard InChI is InChI=1S/C19H22N2O3/c1-13-3-4-15(20-12-13)10-19(22)18-11-17(9-14(2)21-18)24-16-5-7-23-8-6-16/h3-4,9,11-12,16H,5-8,10H2,1-2H3. The van der Waals surface area contributed by atoms with E-state index in [0.717, 1.165) is 43.0 Å². The number of ether oxygens (including phenoxy) is 2. The van der Waals surface area contributed by atoms with Crippen LogP contribution < -0.4 is 4.74 Å². The van der Waals surface area contributed by atoms with Gasteiger partial charge in [-0.25, -0.2) is 4.98 Å². The molecule has 2 aromatic rings. The van der Waals surface area contributed by atoms with E-state index in [-0.39, 0.29) is 18.3 Å². The largest absolute Gasteiger partial charge is 0.490 e. The van der Waals surface area contributed by atoms with E-state index >= 15 is 0 Å². The van der Waals surface area contributed by atoms with Crippen molar-refractivity contribution in [1.29, 1.82) is 0 Å². The second-order valence-corrected chi connectivity index (χ2v) is 6.19. The number of aromatic nitrogens is 2. The van der Waals surface area contributed by atoms with E-state index in [0.29, 0.717) is 11.4 Å². The number of carbonyl (C=O) groups is 1. The van der Waals surface area contributed by atoms with Gasteiger partial charge in [0.25, 0.3) is 0 Å². The number of hydrogen-bond acceptors (Lipinski definition) is 5. The van der Waals surface area contributed by atoms with E-state index in [2.05, 4.69) is 9.97 Å². The highest BCUT2D eigenvalue weighted by Crippen LogP contribution is 2.20. The van der Waals surface area contributed by atoms with Gasteiger partial charge in [0.2, 0.25) is 0 Å². The van der Waals surface area contributed by atoms with Crippen LogP contribution in [0.4, 0.5) is 0 Å². The molecule has 2 aromatic heterocycles. The summed E-state index contributed by atoms with van der Waals surface area (Å²) in [4.78, 5) is 21.2. The number of ketones is 1. The van der Waals surface area contributed by atoms with Crippen LogP contribution in [0.15, 0.2) is 30.5 Å². The summed E-state index contributed by atoms with van der Waals surface area (Å²) in [6, 6.07) is 7.44. The molecule has 0 unspecified atom stereocenters. The minimum absolute atomic E-state index is 0.0492. The van der Waals surface area contributed by atoms with Crippen molar-refractivity contribution < 1.29 is 14.3 Å². The summed E-state index contributed by atoms with van der Waals surface area (Å²) in [6.07, 6.45) is 3.90. The molecule has 126 valence electrons. The van der Waals surface area contributed by atoms with Gasteiger partial charge in [-0.05, 0) is 25.5 Å². The molecular weight excluding hydrogens is 304 g/mol. The minimum Gasteiger partial charge on any atom is -0.490 e. The Morgan fingerprint density at radius 3 is 2.75 bits per heavy atom. The molecule has 0 spiro atoms. The molecule has 0 aliphatic carbocycles. The molecule has 3 rings (SSSR count). The van der Waals surface area contributed by atoms with Gasteiger partial charge in [-0.1, -0.05) is 6.07 Å². The molecule has 1 fully saturated rings. The van der Waals surface area contributed by atoms with Crippen molar-refractivity contribution in [3.05, 3.63) is 53.1 Å². The van der Waals surface area contributed by atoms with Crippen molar-refractivity contribution in [3.63, 3.8) is 0 Å². The molecule has 1 aliphatic rings. The maximum Gasteiger partial charge on any atom is 0.187 e. The first-order valence-electron chi connectivity index (χ1n) is 8.28. The fourth-order valence-corrected chi connectivity index (χ4v) is 2.69. The van der Waals surface area contributed by atoms with Gasteiger partial charge in [0.1, 0.15) is 17.5 Å². The average molecular weight is 326 g/mol. The third-order valence-electron chi connectivity index (χ3n) is 4.00. The second kappa shape index (κ2) is 7.53. The zero-order valence-corrected chi connectivity index (χ0v) is 14.1. The normalized spacial score (nSPS) is 15.2. The van der Waals surface area contributed by atoms with Gasteiger partial charge < -0.3 is 9.47 Å². The molecule has 1 saturated heterocycles. The van der Waals surface area contributed by atoms with Gasteiger partial charge >= 0.3 is 0 Å². The van der Waals surface area contributed by atoms with Crippen LogP contribution in [0.25, 0.3) is 0 Å². The van der Waals surface area contributed by atoms with Crippen molar-refractivity contribution in [1.82, 2.24) is 9.97 Å². The molecule has 3 heterocycles. The summed E-state index contributed by atoms with van der Waals surface area (Å²) in [5.41, 5.74) is 3.03. The van der Waals surface area contributed by atoms with E-state index in [1.165, 1.54) is 0 Å². The van der Waals surface area contributed by atoms with Crippen LogP contribution in [-0.4, -0.2) is 35.1 Å². The number of carbonyl (C=O) groups excluding carboxylic acids is 1. The predicted molar refractivity (Wildman–Crippen MR) is 90.5 cm³/mol. The predicted octanol–water partition coefficient (Wildman–Crippen LogP) is 3.08. The summed E-state index contributed by atoms with van der Waals surface area (Å²) < 4.78 is 11.3. The monoisotopic (exact) mass is 326 g/mol. The van der Waals surface area contributed by atoms with Crippen LogP contribution in [0, 0.1) is 13.8 Å². The summed E-state index contributed by atoms with van der Waals surface area (Å²) >= 11 is 0. The van der Waals surface area contributed by atoms with E-state index in [1.807, 2.05) is 32.0 Å². The molecule has 24 heavy (non-hydrogen) atoms. The zero-order chi connectivity index (χ0) is 16.9. The molecular formula is C19H22N2O3. The van der Waals surface area contributed by atoms with E-state index < -0.39 is 0 Å². The van der Waals surface area contributed by atoms with E-state index in [1.54, 1.807) is 12.3 Å². The van der Waals surface area contributed by atoms with Crippen LogP contribution in [0.2, 0.25) is 0 Å². The van der Waals surface area contributed by atoms with Gasteiger partial charge in [0.15, 0.2) is 5.78 Å². The maximum absolute atomic E-state index is 12.5. The Morgan fingerprint density at radius 2 is 2.04 bits per heavy atom. The number of nitrogens with zero attached hydrogens (tertiary/aromatic N) is 2. The van der Waals surface area contributed by atoms with Crippen LogP contribution in [-0.2, 0) is 11.2 Å². The molecule has 0 atom stereocenters. The quantitative estimate of drug-likeness (QED) is 0.790. The lowest BCUT2D eigenvalue weighted by Crippen LogP contribution is -2.26. The SMILES string of the molecule is Cc1ccc(CC(=O)c2cc(OC3CCOCC3)cc(C)n2)nc1. The average Bonchev–Trinajstić information content (AvgIpc) is 2.57. The molecule has 0 amide bonds. The number of rotatable bonds is 5. The smallest absolute Gasteiger partial charge is 0.187 e. The second-order valence-electron chi connectivity index (χ2n) is 6.19. The highest BCUT2D eigenvalue weighted by Gasteiger charge is 2.17. The molecule has 0 bridgehead atoms. The Hall–Kier alpha value is -2.27. The van der Waals surface area contributed by atoms with Crippen molar-refractivity contribution in [2.75, 3.05) is 13.2 Å². The first kappa shape index (κ1) is 16.6. The molecule has 5 heteroatoms. The fourth-order valence-electron chi connectivity index (χ4n) is 2.69. The molecule has 0 radical (unpaired) electrons. The van der Waals surface area contributed by atoms with Crippen LogP contribution in [0.1, 0.15) is 40.3 Å². The van der Waals surface area contributed by atoms with Crippen molar-refractivity contribution in [3.8, 4) is 5.75 Å². The van der Waals surface area contributed by atoms with Crippen LogP contribution in [0.3, 0.4) is 0 Å². The molecule has 0 saturated carbocycles. The van der Waals surface area contributed by atoms with Crippen molar-refractivity contribution in [2.24, 2.45) is 0 Å². The number of aryl methyl sites for hydroxylation is 2. The Bertz CT molecular complexity index is 707. The molecule has 0 aromatic carbocycles. The Kier molecular flexibility index (Phi) is 5.20. The summed E-state index contributed by atoms with van der Waals surface area (Å²) in [6.45, 7) is 5.29. The lowest BCUT2D eigenvalue weighted by atomic mass is 10.1. The van der Waals surface area contributed by atoms with E-state index in [9.17, 15) is 4.79 Å². The van der Waals surface area contributed by atoms with Gasteiger partial charge in [-0.2, -0.15) is 0 Å². The van der Waals surface area contributed by atoms with Gasteiger partial charge in [-0.3, -0.25) is 9.78 Å². The molecule has 5 nitrogen and oxygen atoms in total.